The second-order valence-electron chi connectivity index (χ2n) is 6.00. The molecule has 0 saturated carbocycles. The van der Waals surface area contributed by atoms with Gasteiger partial charge in [0.25, 0.3) is 0 Å². The summed E-state index contributed by atoms with van der Waals surface area (Å²) < 4.78 is 0. The van der Waals surface area contributed by atoms with Crippen molar-refractivity contribution < 1.29 is 44.6 Å². The summed E-state index contributed by atoms with van der Waals surface area (Å²) in [6.45, 7) is 0.680. The van der Waals surface area contributed by atoms with Crippen molar-refractivity contribution in [3.8, 4) is 5.75 Å². The number of aliphatic carboxylic acids is 1. The van der Waals surface area contributed by atoms with Crippen molar-refractivity contribution in [2.45, 2.75) is 38.5 Å². The first-order valence-electron chi connectivity index (χ1n) is 8.76. The Balaban J connectivity index is 0.00000338. The molecule has 5 heteroatoms. The Labute approximate surface area is 177 Å². The maximum atomic E-state index is 10.4. The molecule has 0 bridgehead atoms. The molecule has 26 heavy (non-hydrogen) atoms. The van der Waals surface area contributed by atoms with Crippen LogP contribution >= 0.6 is 0 Å². The van der Waals surface area contributed by atoms with Crippen LogP contribution in [-0.4, -0.2) is 23.3 Å². The zero-order valence-electron chi connectivity index (χ0n) is 15.4. The molecule has 0 spiro atoms. The first-order chi connectivity index (χ1) is 12.2. The van der Waals surface area contributed by atoms with E-state index in [1.54, 1.807) is 12.1 Å². The topological polar surface area (TPSA) is 72.7 Å². The first kappa shape index (κ1) is 22.4. The van der Waals surface area contributed by atoms with Crippen molar-refractivity contribution in [1.82, 2.24) is 0 Å². The molecule has 0 aliphatic rings. The molecular weight excluding hydrogens is 337 g/mol. The monoisotopic (exact) mass is 361 g/mol. The van der Waals surface area contributed by atoms with Gasteiger partial charge < -0.3 is 15.0 Å². The Hall–Kier alpha value is -1.62. The maximum absolute atomic E-state index is 10.4. The van der Waals surface area contributed by atoms with Gasteiger partial charge >= 0.3 is 29.6 Å². The number of aromatic hydroxyl groups is 1. The van der Waals surface area contributed by atoms with E-state index in [2.05, 4.69) is 0 Å². The van der Waals surface area contributed by atoms with E-state index >= 15 is 0 Å². The molecule has 0 aliphatic carbocycles. The van der Waals surface area contributed by atoms with Crippen LogP contribution in [0.25, 0.3) is 0 Å². The number of carbonyl (C=O) groups excluding carboxylic acids is 1. The predicted molar refractivity (Wildman–Crippen MR) is 97.8 cm³/mol. The van der Waals surface area contributed by atoms with Crippen molar-refractivity contribution in [2.75, 3.05) is 6.54 Å². The van der Waals surface area contributed by atoms with E-state index in [1.165, 1.54) is 0 Å². The summed E-state index contributed by atoms with van der Waals surface area (Å²) in [4.78, 5) is 15.1. The number of unbranched alkanes of at least 4 members (excludes halogenated alkanes) is 4. The normalized spacial score (nSPS) is 11.0. The molecular formula is C21H24NNaO3. The van der Waals surface area contributed by atoms with E-state index in [9.17, 15) is 15.0 Å². The van der Waals surface area contributed by atoms with E-state index in [0.717, 1.165) is 42.5 Å². The summed E-state index contributed by atoms with van der Waals surface area (Å²) in [5.74, 6) is -0.743. The van der Waals surface area contributed by atoms with Crippen LogP contribution in [0.2, 0.25) is 0 Å². The van der Waals surface area contributed by atoms with Gasteiger partial charge in [-0.2, -0.15) is 0 Å². The van der Waals surface area contributed by atoms with Crippen molar-refractivity contribution in [3.63, 3.8) is 0 Å². The Morgan fingerprint density at radius 3 is 2.19 bits per heavy atom. The number of benzene rings is 2. The number of carboxylic acid groups (broad SMARTS) is 1. The molecule has 2 aromatic rings. The second-order valence-corrected chi connectivity index (χ2v) is 6.00. The van der Waals surface area contributed by atoms with Crippen LogP contribution in [0.5, 0.6) is 5.75 Å². The van der Waals surface area contributed by atoms with Crippen molar-refractivity contribution >= 4 is 11.7 Å². The van der Waals surface area contributed by atoms with Gasteiger partial charge in [-0.1, -0.05) is 61.7 Å². The van der Waals surface area contributed by atoms with E-state index in [1.807, 2.05) is 42.5 Å². The molecule has 0 aromatic heterocycles. The van der Waals surface area contributed by atoms with Crippen LogP contribution in [0, 0.1) is 0 Å². The number of rotatable bonds is 10. The third-order valence-corrected chi connectivity index (χ3v) is 4.02. The molecule has 0 radical (unpaired) electrons. The minimum absolute atomic E-state index is 0. The summed E-state index contributed by atoms with van der Waals surface area (Å²) in [7, 11) is 0. The predicted octanol–water partition coefficient (Wildman–Crippen LogP) is 0.324. The zero-order chi connectivity index (χ0) is 17.9. The Morgan fingerprint density at radius 1 is 0.885 bits per heavy atom. The fourth-order valence-corrected chi connectivity index (χ4v) is 2.70. The fourth-order valence-electron chi connectivity index (χ4n) is 2.70. The molecule has 1 N–H and O–H groups in total. The third kappa shape index (κ3) is 7.73. The summed E-state index contributed by atoms with van der Waals surface area (Å²) in [5, 5.41) is 20.5. The molecule has 0 aliphatic heterocycles. The summed E-state index contributed by atoms with van der Waals surface area (Å²) >= 11 is 0. The van der Waals surface area contributed by atoms with Crippen LogP contribution < -0.4 is 34.7 Å². The van der Waals surface area contributed by atoms with Gasteiger partial charge in [0.15, 0.2) is 0 Å². The average molecular weight is 361 g/mol. The largest absolute Gasteiger partial charge is 1.00 e. The number of aliphatic imine (C=N–C) groups is 1. The van der Waals surface area contributed by atoms with Crippen LogP contribution in [0.1, 0.15) is 49.7 Å². The number of carboxylic acids is 1. The number of phenolic OH excluding ortho intramolecular Hbond substituents is 1. The molecule has 0 fully saturated rings. The average Bonchev–Trinajstić information content (AvgIpc) is 2.62. The van der Waals surface area contributed by atoms with Crippen LogP contribution in [0.3, 0.4) is 0 Å². The first-order valence-corrected chi connectivity index (χ1v) is 8.76. The Bertz CT molecular complexity index is 701. The van der Waals surface area contributed by atoms with E-state index in [-0.39, 0.29) is 41.7 Å². The third-order valence-electron chi connectivity index (χ3n) is 4.02. The number of phenols is 1. The van der Waals surface area contributed by atoms with Gasteiger partial charge in [0.05, 0.1) is 5.71 Å². The molecule has 0 heterocycles. The quantitative estimate of drug-likeness (QED) is 0.376. The number of hydrogen-bond donors (Lipinski definition) is 1. The molecule has 0 amide bonds. The molecule has 0 unspecified atom stereocenters. The van der Waals surface area contributed by atoms with Gasteiger partial charge in [-0.15, -0.1) is 0 Å². The van der Waals surface area contributed by atoms with Crippen LogP contribution in [-0.2, 0) is 4.79 Å². The maximum Gasteiger partial charge on any atom is 1.00 e. The van der Waals surface area contributed by atoms with Gasteiger partial charge in [0.1, 0.15) is 5.75 Å². The Morgan fingerprint density at radius 2 is 1.50 bits per heavy atom. The van der Waals surface area contributed by atoms with Crippen molar-refractivity contribution in [3.05, 3.63) is 65.7 Å². The number of hydrogen-bond acceptors (Lipinski definition) is 4. The molecule has 2 rings (SSSR count). The smallest absolute Gasteiger partial charge is 0.550 e. The Kier molecular flexibility index (Phi) is 10.9. The van der Waals surface area contributed by atoms with Gasteiger partial charge in [-0.05, 0) is 31.4 Å². The van der Waals surface area contributed by atoms with Gasteiger partial charge in [0, 0.05) is 23.6 Å². The van der Waals surface area contributed by atoms with E-state index in [4.69, 9.17) is 4.99 Å². The molecule has 2 aromatic carbocycles. The number of carbonyl (C=O) groups is 1. The minimum Gasteiger partial charge on any atom is -0.550 e. The van der Waals surface area contributed by atoms with Gasteiger partial charge in [-0.3, -0.25) is 4.99 Å². The second kappa shape index (κ2) is 12.7. The SMILES string of the molecule is O=C([O-])CCCCCCCN=C(c1ccccc1)c1ccccc1O.[Na+]. The molecule has 4 nitrogen and oxygen atoms in total. The number of para-hydroxylation sites is 1. The van der Waals surface area contributed by atoms with Crippen molar-refractivity contribution in [2.24, 2.45) is 4.99 Å². The number of nitrogens with zero attached hydrogens (tertiary/aromatic N) is 1. The van der Waals surface area contributed by atoms with E-state index in [0.29, 0.717) is 13.0 Å². The molecule has 132 valence electrons. The van der Waals surface area contributed by atoms with Crippen molar-refractivity contribution in [1.29, 1.82) is 0 Å². The molecule has 0 saturated heterocycles. The van der Waals surface area contributed by atoms with Crippen LogP contribution in [0.15, 0.2) is 59.6 Å². The van der Waals surface area contributed by atoms with Gasteiger partial charge in [0.2, 0.25) is 0 Å². The van der Waals surface area contributed by atoms with Gasteiger partial charge in [-0.25, -0.2) is 0 Å². The summed E-state index contributed by atoms with van der Waals surface area (Å²) in [5.41, 5.74) is 2.52. The summed E-state index contributed by atoms with van der Waals surface area (Å²) in [6.07, 6.45) is 4.68. The van der Waals surface area contributed by atoms with E-state index < -0.39 is 5.97 Å². The molecule has 0 atom stereocenters. The summed E-state index contributed by atoms with van der Waals surface area (Å²) in [6, 6.07) is 17.1. The zero-order valence-corrected chi connectivity index (χ0v) is 17.4. The minimum atomic E-state index is -0.972. The fraction of sp³-hybridized carbons (Fsp3) is 0.333. The van der Waals surface area contributed by atoms with Crippen LogP contribution in [0.4, 0.5) is 0 Å². The standard InChI is InChI=1S/C21H25NO3.Na/c23-19-14-9-8-13-18(19)21(17-11-5-4-6-12-17)22-16-10-3-1-2-7-15-20(24)25;/h4-6,8-9,11-14,23H,1-3,7,10,15-16H2,(H,24,25);/q;+1/p-1.